The Morgan fingerprint density at radius 3 is 1.38 bits per heavy atom. The molecule has 384 valence electrons. The van der Waals surface area contributed by atoms with Crippen molar-refractivity contribution in [2.45, 2.75) is 95.3 Å². The first-order chi connectivity index (χ1) is 39.0. The lowest BCUT2D eigenvalue weighted by Crippen LogP contribution is -2.18. The maximum absolute atomic E-state index is 7.45. The number of furan rings is 2. The fourth-order valence-electron chi connectivity index (χ4n) is 15.0. The minimum atomic E-state index is -0.372. The summed E-state index contributed by atoms with van der Waals surface area (Å²) >= 11 is 0. The minimum absolute atomic E-state index is 0.372. The lowest BCUT2D eigenvalue weighted by molar-refractivity contribution is 0.442. The zero-order chi connectivity index (χ0) is 52.3. The molecule has 0 unspecified atom stereocenters. The van der Waals surface area contributed by atoms with Crippen LogP contribution in [-0.2, 0) is 5.41 Å². The molecule has 0 amide bonds. The van der Waals surface area contributed by atoms with Crippen LogP contribution in [0.2, 0.25) is 0 Å². The first-order valence-corrected chi connectivity index (χ1v) is 29.1. The molecule has 0 radical (unpaired) electrons. The van der Waals surface area contributed by atoms with Gasteiger partial charge in [-0.3, -0.25) is 0 Å². The van der Waals surface area contributed by atoms with Crippen molar-refractivity contribution in [2.75, 3.05) is 9.80 Å². The molecule has 0 aliphatic heterocycles. The van der Waals surface area contributed by atoms with Crippen molar-refractivity contribution in [1.29, 1.82) is 0 Å². The molecule has 4 heteroatoms. The Hall–Kier alpha value is -8.60. The van der Waals surface area contributed by atoms with Crippen LogP contribution >= 0.6 is 0 Å². The van der Waals surface area contributed by atoms with E-state index in [-0.39, 0.29) is 5.41 Å². The number of hydrogen-bond acceptors (Lipinski definition) is 4. The van der Waals surface area contributed by atoms with E-state index in [2.05, 4.69) is 230 Å². The fourth-order valence-corrected chi connectivity index (χ4v) is 15.0. The maximum Gasteiger partial charge on any atom is 0.159 e. The number of benzene rings is 11. The van der Waals surface area contributed by atoms with Crippen LogP contribution in [0.5, 0.6) is 0 Å². The normalized spacial score (nSPS) is 15.7. The van der Waals surface area contributed by atoms with Gasteiger partial charge in [0, 0.05) is 49.4 Å². The largest absolute Gasteiger partial charge is 0.454 e. The minimum Gasteiger partial charge on any atom is -0.454 e. The third-order valence-electron chi connectivity index (χ3n) is 18.7. The highest BCUT2D eigenvalue weighted by Crippen LogP contribution is 2.57. The van der Waals surface area contributed by atoms with Crippen LogP contribution < -0.4 is 9.80 Å². The molecule has 0 saturated heterocycles. The summed E-state index contributed by atoms with van der Waals surface area (Å²) in [5.41, 5.74) is 18.0. The zero-order valence-corrected chi connectivity index (χ0v) is 45.1. The van der Waals surface area contributed by atoms with Crippen molar-refractivity contribution >= 4 is 110 Å². The fraction of sp³-hybridized carbons (Fsp3) is 0.200. The van der Waals surface area contributed by atoms with Gasteiger partial charge in [0.05, 0.1) is 17.1 Å². The smallest absolute Gasteiger partial charge is 0.159 e. The molecule has 2 saturated carbocycles. The molecule has 0 N–H and O–H groups in total. The SMILES string of the molecule is CC1(C)c2cc(N(c3ccccc3)c3cccc4c3oc3c(C5CCCCC5)cc5ccccc5c34)ccc2-c2c1cc(N(c1ccccc1)c1cccc3c1oc1c(C4CCCCC4)cc4ccccc4c13)c1ccccc21. The number of hydrogen-bond donors (Lipinski definition) is 0. The predicted molar refractivity (Wildman–Crippen MR) is 332 cm³/mol. The van der Waals surface area contributed by atoms with E-state index in [0.717, 1.165) is 67.2 Å². The van der Waals surface area contributed by atoms with Crippen molar-refractivity contribution in [3.63, 3.8) is 0 Å². The molecule has 3 aliphatic carbocycles. The van der Waals surface area contributed by atoms with Gasteiger partial charge in [-0.05, 0) is 165 Å². The number of nitrogens with zero attached hydrogens (tertiary/aromatic N) is 2. The number of rotatable bonds is 8. The second kappa shape index (κ2) is 18.2. The topological polar surface area (TPSA) is 32.8 Å². The Kier molecular flexibility index (Phi) is 10.7. The molecular formula is C75H62N2O2. The summed E-state index contributed by atoms with van der Waals surface area (Å²) in [7, 11) is 0. The molecule has 0 atom stereocenters. The van der Waals surface area contributed by atoms with Crippen molar-refractivity contribution < 1.29 is 8.83 Å². The van der Waals surface area contributed by atoms with Crippen LogP contribution in [0.25, 0.3) is 87.3 Å². The standard InChI is InChI=1S/C75H62N2O2/c1-75(2)63-45-53(76(51-29-11-5-12-30-51)65-39-21-37-59-69-54-33-17-15-27-49(54)43-61(73(69)78-71(59)65)47-23-7-3-8-24-47)41-42-58(63)68-57-36-20-19-35-56(57)67(46-64(68)75)77(52-31-13-6-14-32-52)66-40-22-38-60-70-55-34-18-16-28-50(55)44-62(74(70)79-72(60)66)48-25-9-4-10-26-48/h5-6,11-22,27-48H,3-4,7-10,23-26H2,1-2H3. The van der Waals surface area contributed by atoms with Crippen LogP contribution in [0.15, 0.2) is 215 Å². The quantitative estimate of drug-likeness (QED) is 0.152. The van der Waals surface area contributed by atoms with Gasteiger partial charge in [-0.2, -0.15) is 0 Å². The Morgan fingerprint density at radius 1 is 0.354 bits per heavy atom. The second-order valence-electron chi connectivity index (χ2n) is 23.5. The second-order valence-corrected chi connectivity index (χ2v) is 23.5. The van der Waals surface area contributed by atoms with Crippen molar-refractivity contribution in [1.82, 2.24) is 0 Å². The summed E-state index contributed by atoms with van der Waals surface area (Å²) in [5.74, 6) is 0.977. The van der Waals surface area contributed by atoms with Crippen LogP contribution in [-0.4, -0.2) is 0 Å². The highest BCUT2D eigenvalue weighted by molar-refractivity contribution is 6.24. The van der Waals surface area contributed by atoms with Crippen LogP contribution in [0.4, 0.5) is 34.1 Å². The first-order valence-electron chi connectivity index (χ1n) is 29.1. The van der Waals surface area contributed by atoms with Gasteiger partial charge in [-0.25, -0.2) is 0 Å². The molecule has 11 aromatic carbocycles. The highest BCUT2D eigenvalue weighted by atomic mass is 16.3. The molecule has 4 nitrogen and oxygen atoms in total. The molecule has 3 aliphatic rings. The van der Waals surface area contributed by atoms with Crippen molar-refractivity contribution in [3.05, 3.63) is 229 Å². The van der Waals surface area contributed by atoms with Gasteiger partial charge in [0.1, 0.15) is 11.2 Å². The molecule has 2 aromatic heterocycles. The Labute approximate surface area is 461 Å². The van der Waals surface area contributed by atoms with E-state index >= 15 is 0 Å². The van der Waals surface area contributed by atoms with Gasteiger partial charge in [0.2, 0.25) is 0 Å². The van der Waals surface area contributed by atoms with Crippen LogP contribution in [0, 0.1) is 0 Å². The Bertz CT molecular complexity index is 4550. The number of fused-ring (bicyclic) bond motifs is 15. The van der Waals surface area contributed by atoms with Crippen molar-refractivity contribution in [3.8, 4) is 11.1 Å². The predicted octanol–water partition coefficient (Wildman–Crippen LogP) is 22.3. The lowest BCUT2D eigenvalue weighted by Gasteiger charge is -2.30. The molecule has 2 heterocycles. The van der Waals surface area contributed by atoms with Gasteiger partial charge < -0.3 is 18.6 Å². The van der Waals surface area contributed by atoms with Gasteiger partial charge in [0.25, 0.3) is 0 Å². The van der Waals surface area contributed by atoms with E-state index in [1.54, 1.807) is 0 Å². The summed E-state index contributed by atoms with van der Waals surface area (Å²) in [6.45, 7) is 4.85. The third-order valence-corrected chi connectivity index (χ3v) is 18.7. The van der Waals surface area contributed by atoms with E-state index in [1.807, 2.05) is 0 Å². The number of anilines is 6. The number of para-hydroxylation sites is 4. The summed E-state index contributed by atoms with van der Waals surface area (Å²) in [6, 6.07) is 76.9. The summed E-state index contributed by atoms with van der Waals surface area (Å²) in [4.78, 5) is 4.92. The molecule has 0 spiro atoms. The van der Waals surface area contributed by atoms with Gasteiger partial charge >= 0.3 is 0 Å². The zero-order valence-electron chi connectivity index (χ0n) is 45.1. The lowest BCUT2D eigenvalue weighted by atomic mass is 9.81. The Morgan fingerprint density at radius 2 is 0.823 bits per heavy atom. The van der Waals surface area contributed by atoms with Gasteiger partial charge in [-0.1, -0.05) is 192 Å². The average Bonchev–Trinajstić information content (AvgIpc) is 4.37. The van der Waals surface area contributed by atoms with E-state index in [0.29, 0.717) is 11.8 Å². The van der Waals surface area contributed by atoms with E-state index < -0.39 is 0 Å². The van der Waals surface area contributed by atoms with Crippen LogP contribution in [0.3, 0.4) is 0 Å². The van der Waals surface area contributed by atoms with Gasteiger partial charge in [-0.15, -0.1) is 0 Å². The molecular weight excluding hydrogens is 961 g/mol. The van der Waals surface area contributed by atoms with E-state index in [4.69, 9.17) is 8.83 Å². The molecule has 0 bridgehead atoms. The Balaban J connectivity index is 0.884. The van der Waals surface area contributed by atoms with Crippen LogP contribution in [0.1, 0.15) is 112 Å². The van der Waals surface area contributed by atoms with E-state index in [1.165, 1.54) is 141 Å². The molecule has 79 heavy (non-hydrogen) atoms. The molecule has 2 fully saturated rings. The highest BCUT2D eigenvalue weighted by Gasteiger charge is 2.39. The molecule has 13 aromatic rings. The van der Waals surface area contributed by atoms with Gasteiger partial charge in [0.15, 0.2) is 11.2 Å². The summed E-state index contributed by atoms with van der Waals surface area (Å²) < 4.78 is 14.8. The van der Waals surface area contributed by atoms with Crippen molar-refractivity contribution in [2.24, 2.45) is 0 Å². The first kappa shape index (κ1) is 46.5. The maximum atomic E-state index is 7.45. The summed E-state index contributed by atoms with van der Waals surface area (Å²) in [5, 5.41) is 12.3. The van der Waals surface area contributed by atoms with E-state index in [9.17, 15) is 0 Å². The third kappa shape index (κ3) is 7.19. The summed E-state index contributed by atoms with van der Waals surface area (Å²) in [6.07, 6.45) is 12.5. The average molecular weight is 1020 g/mol. The monoisotopic (exact) mass is 1020 g/mol. The molecule has 16 rings (SSSR count).